The molecule has 0 aliphatic carbocycles. The van der Waals surface area contributed by atoms with Gasteiger partial charge in [0.25, 0.3) is 5.91 Å². The van der Waals surface area contributed by atoms with Crippen LogP contribution in [0.3, 0.4) is 0 Å². The first-order chi connectivity index (χ1) is 17.9. The fraction of sp³-hybridized carbons (Fsp3) is 0.308. The van der Waals surface area contributed by atoms with Crippen molar-refractivity contribution < 1.29 is 23.5 Å². The van der Waals surface area contributed by atoms with Gasteiger partial charge in [0.15, 0.2) is 0 Å². The Morgan fingerprint density at radius 3 is 2.63 bits per heavy atom. The van der Waals surface area contributed by atoms with Crippen LogP contribution in [0.4, 0.5) is 32.1 Å². The lowest BCUT2D eigenvalue weighted by Crippen LogP contribution is -2.39. The number of fused-ring (bicyclic) bond motifs is 2. The molecule has 12 heteroatoms. The van der Waals surface area contributed by atoms with Gasteiger partial charge < -0.3 is 31.3 Å². The molecule has 5 N–H and O–H groups in total. The van der Waals surface area contributed by atoms with E-state index in [9.17, 15) is 18.8 Å². The summed E-state index contributed by atoms with van der Waals surface area (Å²) in [6, 6.07) is 9.24. The highest BCUT2D eigenvalue weighted by Crippen LogP contribution is 2.37. The van der Waals surface area contributed by atoms with Gasteiger partial charge in [0.2, 0.25) is 5.91 Å². The van der Waals surface area contributed by atoms with E-state index in [2.05, 4.69) is 21.0 Å². The average molecular weight is 524 g/mol. The SMILES string of the molecule is Cn1ncc2c1Nc1cc(N)ccc1N(C(=O)c1ccc(CNC(=O)CNC(=O)OC(C)(C)C)c(F)c1)C2. The van der Waals surface area contributed by atoms with Crippen molar-refractivity contribution in [2.75, 3.05) is 22.5 Å². The van der Waals surface area contributed by atoms with Crippen molar-refractivity contribution in [1.29, 1.82) is 0 Å². The average Bonchev–Trinajstić information content (AvgIpc) is 3.09. The number of nitrogen functional groups attached to an aromatic ring is 1. The molecule has 0 unspecified atom stereocenters. The number of hydrogen-bond donors (Lipinski definition) is 4. The number of carbonyl (C=O) groups is 3. The van der Waals surface area contributed by atoms with Crippen LogP contribution < -0.4 is 26.6 Å². The number of hydrogen-bond acceptors (Lipinski definition) is 7. The van der Waals surface area contributed by atoms with E-state index in [4.69, 9.17) is 10.5 Å². The lowest BCUT2D eigenvalue weighted by molar-refractivity contribution is -0.120. The molecule has 2 aromatic carbocycles. The van der Waals surface area contributed by atoms with Crippen molar-refractivity contribution in [3.8, 4) is 0 Å². The van der Waals surface area contributed by atoms with E-state index in [-0.39, 0.29) is 30.8 Å². The first-order valence-electron chi connectivity index (χ1n) is 11.9. The Bertz CT molecular complexity index is 1400. The number of aryl methyl sites for hydroxylation is 1. The largest absolute Gasteiger partial charge is 0.444 e. The Kier molecular flexibility index (Phi) is 7.24. The number of rotatable bonds is 5. The molecule has 0 atom stereocenters. The molecule has 1 aliphatic rings. The van der Waals surface area contributed by atoms with Gasteiger partial charge in [-0.1, -0.05) is 6.07 Å². The van der Waals surface area contributed by atoms with Gasteiger partial charge in [0.05, 0.1) is 24.1 Å². The molecule has 3 amide bonds. The molecule has 38 heavy (non-hydrogen) atoms. The molecular formula is C26H30FN7O4. The minimum atomic E-state index is -0.729. The molecule has 0 radical (unpaired) electrons. The summed E-state index contributed by atoms with van der Waals surface area (Å²) in [6.45, 7) is 4.89. The smallest absolute Gasteiger partial charge is 0.408 e. The van der Waals surface area contributed by atoms with E-state index in [1.165, 1.54) is 17.0 Å². The number of nitrogens with two attached hydrogens (primary N) is 1. The zero-order valence-electron chi connectivity index (χ0n) is 21.6. The molecule has 3 aromatic rings. The zero-order valence-corrected chi connectivity index (χ0v) is 21.6. The summed E-state index contributed by atoms with van der Waals surface area (Å²) in [5.41, 5.74) is 8.13. The van der Waals surface area contributed by atoms with Crippen LogP contribution in [0.25, 0.3) is 0 Å². The second kappa shape index (κ2) is 10.4. The third-order valence-corrected chi connectivity index (χ3v) is 5.72. The lowest BCUT2D eigenvalue weighted by Gasteiger charge is -2.23. The van der Waals surface area contributed by atoms with Crippen molar-refractivity contribution in [2.24, 2.45) is 7.05 Å². The number of anilines is 4. The summed E-state index contributed by atoms with van der Waals surface area (Å²) < 4.78 is 21.7. The maximum absolute atomic E-state index is 14.9. The molecule has 2 heterocycles. The molecule has 0 fully saturated rings. The van der Waals surface area contributed by atoms with Crippen LogP contribution in [0.5, 0.6) is 0 Å². The van der Waals surface area contributed by atoms with Gasteiger partial charge in [-0.05, 0) is 51.1 Å². The third kappa shape index (κ3) is 6.02. The Labute approximate surface area is 219 Å². The van der Waals surface area contributed by atoms with Gasteiger partial charge in [-0.25, -0.2) is 9.18 Å². The molecule has 0 spiro atoms. The summed E-state index contributed by atoms with van der Waals surface area (Å²) in [5, 5.41) is 12.4. The van der Waals surface area contributed by atoms with Crippen LogP contribution >= 0.6 is 0 Å². The van der Waals surface area contributed by atoms with E-state index >= 15 is 0 Å². The summed E-state index contributed by atoms with van der Waals surface area (Å²) in [4.78, 5) is 38.8. The number of nitrogens with one attached hydrogen (secondary N) is 3. The highest BCUT2D eigenvalue weighted by molar-refractivity contribution is 6.08. The number of ether oxygens (including phenoxy) is 1. The minimum Gasteiger partial charge on any atom is -0.444 e. The third-order valence-electron chi connectivity index (χ3n) is 5.72. The quantitative estimate of drug-likeness (QED) is 0.376. The molecule has 200 valence electrons. The fourth-order valence-electron chi connectivity index (χ4n) is 3.92. The number of benzene rings is 2. The molecule has 0 saturated carbocycles. The van der Waals surface area contributed by atoms with E-state index < -0.39 is 29.3 Å². The predicted octanol–water partition coefficient (Wildman–Crippen LogP) is 3.19. The van der Waals surface area contributed by atoms with Crippen molar-refractivity contribution in [3.63, 3.8) is 0 Å². The maximum Gasteiger partial charge on any atom is 0.408 e. The second-order valence-corrected chi connectivity index (χ2v) is 9.87. The maximum atomic E-state index is 14.9. The van der Waals surface area contributed by atoms with Gasteiger partial charge in [0, 0.05) is 36.0 Å². The van der Waals surface area contributed by atoms with Crippen LogP contribution in [0.2, 0.25) is 0 Å². The highest BCUT2D eigenvalue weighted by atomic mass is 19.1. The number of carbonyl (C=O) groups excluding carboxylic acids is 3. The van der Waals surface area contributed by atoms with E-state index in [1.54, 1.807) is 56.9 Å². The highest BCUT2D eigenvalue weighted by Gasteiger charge is 2.27. The Morgan fingerprint density at radius 1 is 1.16 bits per heavy atom. The second-order valence-electron chi connectivity index (χ2n) is 9.87. The summed E-state index contributed by atoms with van der Waals surface area (Å²) in [6.07, 6.45) is 0.940. The number of alkyl carbamates (subject to hydrolysis) is 1. The standard InChI is InChI=1S/C26H30FN7O4/c1-26(2,3)38-25(37)30-13-22(35)29-11-16-6-5-15(9-19(16)27)24(36)34-14-17-12-31-33(4)23(17)32-20-10-18(28)7-8-21(20)34/h5-10,12,32H,11,13-14,28H2,1-4H3,(H,29,35)(H,30,37). The topological polar surface area (TPSA) is 144 Å². The van der Waals surface area contributed by atoms with Crippen LogP contribution in [0.1, 0.15) is 42.3 Å². The predicted molar refractivity (Wildman–Crippen MR) is 140 cm³/mol. The number of amides is 3. The molecule has 11 nitrogen and oxygen atoms in total. The first kappa shape index (κ1) is 26.5. The van der Waals surface area contributed by atoms with Gasteiger partial charge in [0.1, 0.15) is 23.8 Å². The lowest BCUT2D eigenvalue weighted by atomic mass is 10.1. The molecule has 1 aromatic heterocycles. The molecular weight excluding hydrogens is 493 g/mol. The Hall–Kier alpha value is -4.61. The van der Waals surface area contributed by atoms with Crippen LogP contribution in [-0.2, 0) is 29.7 Å². The van der Waals surface area contributed by atoms with Crippen LogP contribution in [0.15, 0.2) is 42.6 Å². The van der Waals surface area contributed by atoms with E-state index in [0.717, 1.165) is 17.4 Å². The van der Waals surface area contributed by atoms with Crippen molar-refractivity contribution >= 4 is 40.8 Å². The Morgan fingerprint density at radius 2 is 1.92 bits per heavy atom. The van der Waals surface area contributed by atoms with Crippen molar-refractivity contribution in [1.82, 2.24) is 20.4 Å². The summed E-state index contributed by atoms with van der Waals surface area (Å²) >= 11 is 0. The fourth-order valence-corrected chi connectivity index (χ4v) is 3.92. The van der Waals surface area contributed by atoms with Crippen molar-refractivity contribution in [2.45, 2.75) is 39.5 Å². The number of nitrogens with zero attached hydrogens (tertiary/aromatic N) is 3. The van der Waals surface area contributed by atoms with E-state index in [0.29, 0.717) is 17.1 Å². The molecule has 4 rings (SSSR count). The van der Waals surface area contributed by atoms with Gasteiger partial charge in [-0.3, -0.25) is 14.3 Å². The van der Waals surface area contributed by atoms with Crippen molar-refractivity contribution in [3.05, 3.63) is 65.1 Å². The van der Waals surface area contributed by atoms with Gasteiger partial charge >= 0.3 is 6.09 Å². The normalized spacial score (nSPS) is 12.5. The molecule has 0 saturated heterocycles. The molecule has 1 aliphatic heterocycles. The monoisotopic (exact) mass is 523 g/mol. The van der Waals surface area contributed by atoms with Gasteiger partial charge in [-0.15, -0.1) is 0 Å². The summed E-state index contributed by atoms with van der Waals surface area (Å²) in [5.74, 6) is -0.851. The minimum absolute atomic E-state index is 0.121. The first-order valence-corrected chi connectivity index (χ1v) is 11.9. The molecule has 0 bridgehead atoms. The van der Waals surface area contributed by atoms with Gasteiger partial charge in [-0.2, -0.15) is 5.10 Å². The number of aromatic nitrogens is 2. The van der Waals surface area contributed by atoms with Crippen LogP contribution in [0, 0.1) is 5.82 Å². The summed E-state index contributed by atoms with van der Waals surface area (Å²) in [7, 11) is 1.79. The van der Waals surface area contributed by atoms with E-state index in [1.807, 2.05) is 0 Å². The zero-order chi connectivity index (χ0) is 27.6. The Balaban J connectivity index is 1.46. The number of halogens is 1. The van der Waals surface area contributed by atoms with Crippen LogP contribution in [-0.4, -0.2) is 39.8 Å².